The van der Waals surface area contributed by atoms with E-state index in [1.165, 1.54) is 106 Å². The molecule has 350 valence electrons. The number of nitrogens with zero attached hydrogens (tertiary/aromatic N) is 1. The Hall–Kier alpha value is -9.56. The summed E-state index contributed by atoms with van der Waals surface area (Å²) in [6.07, 6.45) is 0. The van der Waals surface area contributed by atoms with Gasteiger partial charge in [-0.15, -0.1) is 0 Å². The molecule has 0 unspecified atom stereocenters. The van der Waals surface area contributed by atoms with Gasteiger partial charge in [-0.2, -0.15) is 0 Å². The van der Waals surface area contributed by atoms with E-state index in [4.69, 9.17) is 0 Å². The van der Waals surface area contributed by atoms with Crippen LogP contribution in [0.3, 0.4) is 0 Å². The van der Waals surface area contributed by atoms with Crippen molar-refractivity contribution in [3.8, 4) is 66.8 Å². The predicted octanol–water partition coefficient (Wildman–Crippen LogP) is 18.9. The zero-order valence-electron chi connectivity index (χ0n) is 41.2. The average molecular weight is 952 g/mol. The van der Waals surface area contributed by atoms with E-state index in [1.807, 2.05) is 0 Å². The van der Waals surface area contributed by atoms with Crippen LogP contribution >= 0.6 is 0 Å². The van der Waals surface area contributed by atoms with Gasteiger partial charge in [-0.1, -0.05) is 249 Å². The Morgan fingerprint density at radius 1 is 0.213 bits per heavy atom. The van der Waals surface area contributed by atoms with Gasteiger partial charge in [0, 0.05) is 16.9 Å². The van der Waals surface area contributed by atoms with Crippen LogP contribution in [0.2, 0.25) is 0 Å². The molecule has 1 nitrogen and oxygen atoms in total. The highest BCUT2D eigenvalue weighted by molar-refractivity contribution is 6.00. The molecule has 0 saturated carbocycles. The number of benzene rings is 12. The van der Waals surface area contributed by atoms with Gasteiger partial charge in [0.2, 0.25) is 0 Å². The molecular formula is C74H49N. The fourth-order valence-corrected chi connectivity index (χ4v) is 13.5. The van der Waals surface area contributed by atoms with Crippen LogP contribution in [0.25, 0.3) is 66.8 Å². The molecule has 15 rings (SSSR count). The Morgan fingerprint density at radius 3 is 1.08 bits per heavy atom. The summed E-state index contributed by atoms with van der Waals surface area (Å²) in [5.74, 6) is 0. The number of rotatable bonds is 8. The zero-order valence-corrected chi connectivity index (χ0v) is 41.2. The van der Waals surface area contributed by atoms with Crippen molar-refractivity contribution in [2.75, 3.05) is 4.90 Å². The van der Waals surface area contributed by atoms with Crippen molar-refractivity contribution in [2.45, 2.75) is 10.8 Å². The van der Waals surface area contributed by atoms with Crippen LogP contribution in [0, 0.1) is 0 Å². The van der Waals surface area contributed by atoms with Gasteiger partial charge in [0.15, 0.2) is 0 Å². The molecule has 75 heavy (non-hydrogen) atoms. The third-order valence-electron chi connectivity index (χ3n) is 16.5. The molecule has 0 atom stereocenters. The Bertz CT molecular complexity index is 4000. The highest BCUT2D eigenvalue weighted by atomic mass is 15.1. The van der Waals surface area contributed by atoms with Crippen LogP contribution in [0.5, 0.6) is 0 Å². The maximum Gasteiger partial charge on any atom is 0.0726 e. The van der Waals surface area contributed by atoms with Crippen molar-refractivity contribution in [1.29, 1.82) is 0 Å². The molecule has 0 saturated heterocycles. The van der Waals surface area contributed by atoms with E-state index in [1.54, 1.807) is 0 Å². The Balaban J connectivity index is 0.984. The number of hydrogen-bond acceptors (Lipinski definition) is 1. The Morgan fingerprint density at radius 2 is 0.587 bits per heavy atom. The molecule has 0 heterocycles. The van der Waals surface area contributed by atoms with E-state index in [2.05, 4.69) is 302 Å². The Labute approximate surface area is 439 Å². The molecule has 0 amide bonds. The van der Waals surface area contributed by atoms with E-state index in [9.17, 15) is 0 Å². The quantitative estimate of drug-likeness (QED) is 0.147. The van der Waals surface area contributed by atoms with Gasteiger partial charge in [-0.3, -0.25) is 0 Å². The summed E-state index contributed by atoms with van der Waals surface area (Å²) >= 11 is 0. The standard InChI is InChI=1S/C74H49N/c1-5-22-50(23-6-1)53-46-54(51-24-7-2-8-25-51)48-55(47-53)52-40-42-58(43-41-52)75(71-39-21-38-69-72(71)64-33-16-20-37-68(64)73(69,56-26-9-3-10-27-56)57-28-11-4-12-29-57)59-44-45-63-62-32-15-19-36-67(62)74(70(63)49-59)65-34-17-13-30-60(65)61-31-14-18-35-66(61)74/h1-49H. The van der Waals surface area contributed by atoms with Gasteiger partial charge >= 0.3 is 0 Å². The highest BCUT2D eigenvalue weighted by Gasteiger charge is 2.52. The van der Waals surface area contributed by atoms with E-state index in [0.717, 1.165) is 22.6 Å². The fourth-order valence-electron chi connectivity index (χ4n) is 13.5. The van der Waals surface area contributed by atoms with E-state index >= 15 is 0 Å². The normalized spacial score (nSPS) is 13.5. The van der Waals surface area contributed by atoms with Gasteiger partial charge in [0.1, 0.15) is 0 Å². The van der Waals surface area contributed by atoms with Gasteiger partial charge in [-0.25, -0.2) is 0 Å². The second kappa shape index (κ2) is 17.0. The van der Waals surface area contributed by atoms with Crippen molar-refractivity contribution >= 4 is 17.1 Å². The van der Waals surface area contributed by atoms with E-state index in [0.29, 0.717) is 0 Å². The van der Waals surface area contributed by atoms with Crippen LogP contribution in [0.1, 0.15) is 44.5 Å². The lowest BCUT2D eigenvalue weighted by Crippen LogP contribution is -2.28. The average Bonchev–Trinajstić information content (AvgIpc) is 4.26. The summed E-state index contributed by atoms with van der Waals surface area (Å²) in [4.78, 5) is 2.55. The van der Waals surface area contributed by atoms with Crippen LogP contribution in [-0.4, -0.2) is 0 Å². The lowest BCUT2D eigenvalue weighted by molar-refractivity contribution is 0.768. The first-order valence-electron chi connectivity index (χ1n) is 26.2. The number of anilines is 3. The minimum absolute atomic E-state index is 0.494. The van der Waals surface area contributed by atoms with Crippen LogP contribution in [0.15, 0.2) is 297 Å². The zero-order chi connectivity index (χ0) is 49.5. The van der Waals surface area contributed by atoms with Gasteiger partial charge in [-0.05, 0) is 154 Å². The van der Waals surface area contributed by atoms with Gasteiger partial charge < -0.3 is 4.90 Å². The molecule has 1 spiro atoms. The molecular weight excluding hydrogens is 903 g/mol. The summed E-state index contributed by atoms with van der Waals surface area (Å²) in [5.41, 5.74) is 27.4. The van der Waals surface area contributed by atoms with Crippen molar-refractivity contribution in [2.24, 2.45) is 0 Å². The largest absolute Gasteiger partial charge is 0.310 e. The van der Waals surface area contributed by atoms with Crippen LogP contribution < -0.4 is 4.90 Å². The third kappa shape index (κ3) is 6.32. The minimum Gasteiger partial charge on any atom is -0.310 e. The van der Waals surface area contributed by atoms with Crippen LogP contribution in [0.4, 0.5) is 17.1 Å². The SMILES string of the molecule is c1ccc(-c2cc(-c3ccccc3)cc(-c3ccc(N(c4ccc5c(c4)C4(c6ccccc6-c6ccccc64)c4ccccc4-5)c4cccc5c4-c4ccccc4C5(c4ccccc4)c4ccccc4)cc3)c2)cc1. The number of fused-ring (bicyclic) bond motifs is 13. The molecule has 0 N–H and O–H groups in total. The first kappa shape index (κ1) is 43.1. The molecule has 0 aliphatic heterocycles. The molecule has 0 fully saturated rings. The summed E-state index contributed by atoms with van der Waals surface area (Å²) in [6, 6.07) is 111. The minimum atomic E-state index is -0.554. The molecule has 12 aromatic carbocycles. The van der Waals surface area contributed by atoms with E-state index in [-0.39, 0.29) is 0 Å². The fraction of sp³-hybridized carbons (Fsp3) is 0.0270. The topological polar surface area (TPSA) is 3.24 Å². The predicted molar refractivity (Wildman–Crippen MR) is 311 cm³/mol. The maximum absolute atomic E-state index is 2.55. The van der Waals surface area contributed by atoms with Crippen molar-refractivity contribution in [3.63, 3.8) is 0 Å². The molecule has 0 radical (unpaired) electrons. The third-order valence-corrected chi connectivity index (χ3v) is 16.5. The van der Waals surface area contributed by atoms with Crippen molar-refractivity contribution in [3.05, 3.63) is 342 Å². The summed E-state index contributed by atoms with van der Waals surface area (Å²) in [6.45, 7) is 0. The molecule has 1 heteroatoms. The first-order chi connectivity index (χ1) is 37.2. The molecule has 0 aromatic heterocycles. The summed E-state index contributed by atoms with van der Waals surface area (Å²) in [5, 5.41) is 0. The summed E-state index contributed by atoms with van der Waals surface area (Å²) in [7, 11) is 0. The van der Waals surface area contributed by atoms with Crippen LogP contribution in [-0.2, 0) is 10.8 Å². The van der Waals surface area contributed by atoms with Gasteiger partial charge in [0.25, 0.3) is 0 Å². The smallest absolute Gasteiger partial charge is 0.0726 e. The van der Waals surface area contributed by atoms with Crippen molar-refractivity contribution in [1.82, 2.24) is 0 Å². The molecule has 3 aliphatic rings. The van der Waals surface area contributed by atoms with Gasteiger partial charge in [0.05, 0.1) is 16.5 Å². The molecule has 0 bridgehead atoms. The number of hydrogen-bond donors (Lipinski definition) is 0. The summed E-state index contributed by atoms with van der Waals surface area (Å²) < 4.78 is 0. The second-order valence-electron chi connectivity index (χ2n) is 20.3. The van der Waals surface area contributed by atoms with Crippen molar-refractivity contribution < 1.29 is 0 Å². The van der Waals surface area contributed by atoms with E-state index < -0.39 is 10.8 Å². The first-order valence-corrected chi connectivity index (χ1v) is 26.2. The lowest BCUT2D eigenvalue weighted by Gasteiger charge is -2.35. The molecule has 3 aliphatic carbocycles. The maximum atomic E-state index is 2.55. The highest BCUT2D eigenvalue weighted by Crippen LogP contribution is 2.64. The molecule has 12 aromatic rings. The second-order valence-corrected chi connectivity index (χ2v) is 20.3. The Kier molecular flexibility index (Phi) is 9.77. The monoisotopic (exact) mass is 951 g/mol. The lowest BCUT2D eigenvalue weighted by atomic mass is 9.68.